The van der Waals surface area contributed by atoms with Gasteiger partial charge in [0.25, 0.3) is 5.75 Å². The van der Waals surface area contributed by atoms with Crippen LogP contribution < -0.4 is 0 Å². The topological polar surface area (TPSA) is 94.3 Å². The lowest BCUT2D eigenvalue weighted by Crippen LogP contribution is -2.08. The van der Waals surface area contributed by atoms with Crippen molar-refractivity contribution in [2.24, 2.45) is 0 Å². The van der Waals surface area contributed by atoms with Crippen molar-refractivity contribution in [2.75, 3.05) is 0 Å². The molecule has 1 heterocycles. The largest absolute Gasteiger partial charge is 0.465 e. The number of carbonyl (C=O) groups is 1. The molecule has 6 nitrogen and oxygen atoms in total. The monoisotopic (exact) mass is 366 g/mol. The van der Waals surface area contributed by atoms with Crippen molar-refractivity contribution >= 4 is 28.2 Å². The molecule has 3 rings (SSSR count). The van der Waals surface area contributed by atoms with Gasteiger partial charge in [0.15, 0.2) is 17.2 Å². The number of carbonyl (C=O) groups excluding carboxylic acids is 1. The Balaban J connectivity index is 2.00. The molecule has 0 saturated heterocycles. The molecule has 0 amide bonds. The smallest absolute Gasteiger partial charge is 0.360 e. The summed E-state index contributed by atoms with van der Waals surface area (Å²) in [6, 6.07) is 4.96. The summed E-state index contributed by atoms with van der Waals surface area (Å²) < 4.78 is 37.9. The van der Waals surface area contributed by atoms with Crippen LogP contribution in [0, 0.1) is 6.92 Å². The number of thiol groups is 1. The van der Waals surface area contributed by atoms with E-state index < -0.39 is 10.7 Å². The summed E-state index contributed by atoms with van der Waals surface area (Å²) in [6.45, 7) is 1.76. The van der Waals surface area contributed by atoms with Gasteiger partial charge in [0.05, 0.1) is 11.3 Å². The molecular formula is C16H16NO5S2+. The van der Waals surface area contributed by atoms with Crippen LogP contribution in [0.4, 0.5) is 0 Å². The van der Waals surface area contributed by atoms with E-state index in [0.29, 0.717) is 45.4 Å². The van der Waals surface area contributed by atoms with Crippen LogP contribution >= 0.6 is 0 Å². The highest BCUT2D eigenvalue weighted by Crippen LogP contribution is 2.43. The Morgan fingerprint density at radius 3 is 2.71 bits per heavy atom. The third kappa shape index (κ3) is 3.44. The van der Waals surface area contributed by atoms with Crippen LogP contribution in [0.5, 0.6) is 0 Å². The van der Waals surface area contributed by atoms with Gasteiger partial charge in [0.1, 0.15) is 10.7 Å². The van der Waals surface area contributed by atoms with Crippen LogP contribution in [0.25, 0.3) is 0 Å². The second kappa shape index (κ2) is 6.90. The van der Waals surface area contributed by atoms with Crippen LogP contribution in [0.15, 0.2) is 22.7 Å². The Kier molecular flexibility index (Phi) is 4.86. The normalized spacial score (nSPS) is 14.1. The van der Waals surface area contributed by atoms with Crippen molar-refractivity contribution in [1.29, 1.82) is 0 Å². The van der Waals surface area contributed by atoms with Gasteiger partial charge in [-0.3, -0.25) is 4.79 Å². The lowest BCUT2D eigenvalue weighted by Gasteiger charge is -2.07. The number of ketones is 1. The summed E-state index contributed by atoms with van der Waals surface area (Å²) in [7, 11) is -2.51. The zero-order valence-electron chi connectivity index (χ0n) is 13.0. The molecule has 24 heavy (non-hydrogen) atoms. The first-order valence-electron chi connectivity index (χ1n) is 7.50. The van der Waals surface area contributed by atoms with Crippen molar-refractivity contribution < 1.29 is 21.9 Å². The van der Waals surface area contributed by atoms with E-state index in [1.165, 1.54) is 0 Å². The number of hydrogen-bond donors (Lipinski definition) is 1. The molecule has 2 aromatic rings. The maximum Gasteiger partial charge on any atom is 0.465 e. The lowest BCUT2D eigenvalue weighted by molar-refractivity contribution is 0.103. The molecule has 1 fully saturated rings. The summed E-state index contributed by atoms with van der Waals surface area (Å²) >= 11 is 0.348. The molecule has 1 saturated carbocycles. The van der Waals surface area contributed by atoms with E-state index in [1.807, 2.05) is 0 Å². The van der Waals surface area contributed by atoms with Gasteiger partial charge in [0.2, 0.25) is 0 Å². The second-order valence-corrected chi connectivity index (χ2v) is 7.38. The van der Waals surface area contributed by atoms with Crippen molar-refractivity contribution in [3.05, 3.63) is 51.9 Å². The zero-order valence-corrected chi connectivity index (χ0v) is 14.7. The van der Waals surface area contributed by atoms with Gasteiger partial charge in [-0.15, -0.1) is 0 Å². The molecule has 0 spiro atoms. The predicted octanol–water partition coefficient (Wildman–Crippen LogP) is 2.13. The number of nitrogens with zero attached hydrogens (tertiary/aromatic N) is 1. The van der Waals surface area contributed by atoms with E-state index in [2.05, 4.69) is 5.16 Å². The Hall–Kier alpha value is -1.93. The fraction of sp³-hybridized carbons (Fsp3) is 0.375. The van der Waals surface area contributed by atoms with E-state index >= 15 is 0 Å². The molecule has 8 heteroatoms. The maximum absolute atomic E-state index is 13.0. The van der Waals surface area contributed by atoms with Gasteiger partial charge < -0.3 is 4.52 Å². The van der Waals surface area contributed by atoms with Crippen molar-refractivity contribution in [3.63, 3.8) is 0 Å². The van der Waals surface area contributed by atoms with Gasteiger partial charge >= 0.3 is 11.7 Å². The molecule has 1 aromatic heterocycles. The average Bonchev–Trinajstić information content (AvgIpc) is 3.28. The molecule has 1 aliphatic rings. The first kappa shape index (κ1) is 16.9. The van der Waals surface area contributed by atoms with Crippen molar-refractivity contribution in [1.82, 2.24) is 5.16 Å². The van der Waals surface area contributed by atoms with Crippen molar-refractivity contribution in [3.8, 4) is 0 Å². The van der Waals surface area contributed by atoms with E-state index in [9.17, 15) is 17.4 Å². The molecule has 0 aliphatic heterocycles. The summed E-state index contributed by atoms with van der Waals surface area (Å²) in [5.41, 5.74) is 2.59. The average molecular weight is 366 g/mol. The van der Waals surface area contributed by atoms with Crippen LogP contribution in [0.2, 0.25) is 0 Å². The third-order valence-electron chi connectivity index (χ3n) is 4.01. The molecular weight excluding hydrogens is 350 g/mol. The van der Waals surface area contributed by atoms with Crippen molar-refractivity contribution in [2.45, 2.75) is 37.2 Å². The number of aromatic nitrogens is 1. The summed E-state index contributed by atoms with van der Waals surface area (Å²) in [5, 5.41) is 3.90. The number of hydrogen-bond acceptors (Lipinski definition) is 6. The van der Waals surface area contributed by atoms with Gasteiger partial charge in [-0.05, 0) is 30.9 Å². The maximum atomic E-state index is 13.0. The summed E-state index contributed by atoms with van der Waals surface area (Å²) in [4.78, 5) is 13.0. The minimum atomic E-state index is -2.51. The number of benzene rings is 1. The standard InChI is InChI=1S/C16H16NO5S2/c1-9-6-10(8-24(20)21)2-5-12(9)15(18)14-13(7-23-19)17-22-16(14)11-3-4-11/h2,5-6,11,24H,3-4,7-8H2,1H3/q+1. The molecule has 0 unspecified atom stereocenters. The Morgan fingerprint density at radius 1 is 1.38 bits per heavy atom. The quantitative estimate of drug-likeness (QED) is 0.458. The van der Waals surface area contributed by atoms with E-state index in [1.54, 1.807) is 25.1 Å². The minimum Gasteiger partial charge on any atom is -0.360 e. The van der Waals surface area contributed by atoms with Crippen LogP contribution in [-0.4, -0.2) is 19.4 Å². The molecule has 0 N–H and O–H groups in total. The zero-order chi connectivity index (χ0) is 17.3. The van der Waals surface area contributed by atoms with Gasteiger partial charge in [-0.1, -0.05) is 23.4 Å². The highest BCUT2D eigenvalue weighted by molar-refractivity contribution is 7.71. The Bertz CT molecular complexity index is 873. The minimum absolute atomic E-state index is 0.0523. The van der Waals surface area contributed by atoms with Crippen LogP contribution in [0.1, 0.15) is 57.3 Å². The van der Waals surface area contributed by atoms with Gasteiger partial charge in [-0.25, -0.2) is 8.42 Å². The Morgan fingerprint density at radius 2 is 2.12 bits per heavy atom. The summed E-state index contributed by atoms with van der Waals surface area (Å²) in [5.74, 6) is 0.563. The second-order valence-electron chi connectivity index (χ2n) is 5.87. The molecule has 0 bridgehead atoms. The molecule has 126 valence electrons. The predicted molar refractivity (Wildman–Crippen MR) is 88.9 cm³/mol. The number of aryl methyl sites for hydroxylation is 1. The van der Waals surface area contributed by atoms with E-state index in [0.717, 1.165) is 12.8 Å². The first-order chi connectivity index (χ1) is 11.5. The summed E-state index contributed by atoms with van der Waals surface area (Å²) in [6.07, 6.45) is 1.90. The van der Waals surface area contributed by atoms with E-state index in [-0.39, 0.29) is 23.2 Å². The lowest BCUT2D eigenvalue weighted by atomic mass is 9.95. The number of rotatable bonds is 7. The molecule has 0 atom stereocenters. The fourth-order valence-corrected chi connectivity index (χ4v) is 3.53. The Labute approximate surface area is 144 Å². The van der Waals surface area contributed by atoms with E-state index in [4.69, 9.17) is 4.52 Å². The highest BCUT2D eigenvalue weighted by atomic mass is 32.2. The SMILES string of the molecule is Cc1cc(C[SH](=O)=O)ccc1C(=O)c1c(C[S+]=O)noc1C1CC1. The highest BCUT2D eigenvalue weighted by Gasteiger charge is 2.36. The molecule has 1 aliphatic carbocycles. The van der Waals surface area contributed by atoms with Crippen LogP contribution in [0.3, 0.4) is 0 Å². The molecule has 0 radical (unpaired) electrons. The fourth-order valence-electron chi connectivity index (χ4n) is 2.72. The molecule has 1 aromatic carbocycles. The first-order valence-corrected chi connectivity index (χ1v) is 9.77. The van der Waals surface area contributed by atoms with Gasteiger partial charge in [-0.2, -0.15) is 0 Å². The van der Waals surface area contributed by atoms with Gasteiger partial charge in [0, 0.05) is 15.7 Å². The van der Waals surface area contributed by atoms with Crippen LogP contribution in [-0.2, 0) is 38.1 Å². The third-order valence-corrected chi connectivity index (χ3v) is 5.02.